The van der Waals surface area contributed by atoms with Crippen LogP contribution in [-0.2, 0) is 0 Å². The Morgan fingerprint density at radius 3 is 2.59 bits per heavy atom. The Bertz CT molecular complexity index is 883. The smallest absolute Gasteiger partial charge is 0.322 e. The van der Waals surface area contributed by atoms with Gasteiger partial charge in [-0.3, -0.25) is 0 Å². The molecule has 2 aromatic heterocycles. The standard InChI is InChI=1S/C17H21N7O2S/c1-12-5-7-13(8-6-12)26-9-10-27-17-18-11-24(22-17)15-19-14(23(2)3)20-16(21-15)25-4/h5-8,11H,9-10H2,1-4H3. The average molecular weight is 387 g/mol. The molecule has 3 aromatic rings. The fourth-order valence-corrected chi connectivity index (χ4v) is 2.68. The fourth-order valence-electron chi connectivity index (χ4n) is 2.07. The highest BCUT2D eigenvalue weighted by atomic mass is 32.2. The molecule has 0 bridgehead atoms. The molecular formula is C17H21N7O2S. The van der Waals surface area contributed by atoms with E-state index < -0.39 is 0 Å². The Balaban J connectivity index is 1.59. The van der Waals surface area contributed by atoms with Crippen LogP contribution in [0, 0.1) is 6.92 Å². The van der Waals surface area contributed by atoms with Gasteiger partial charge in [0.25, 0.3) is 5.95 Å². The molecule has 0 aliphatic carbocycles. The van der Waals surface area contributed by atoms with Gasteiger partial charge >= 0.3 is 6.01 Å². The molecule has 0 saturated carbocycles. The molecule has 27 heavy (non-hydrogen) atoms. The first-order valence-electron chi connectivity index (χ1n) is 8.27. The van der Waals surface area contributed by atoms with E-state index in [9.17, 15) is 0 Å². The lowest BCUT2D eigenvalue weighted by Crippen LogP contribution is -2.16. The molecule has 0 aliphatic rings. The molecule has 0 spiro atoms. The number of anilines is 1. The van der Waals surface area contributed by atoms with Gasteiger partial charge < -0.3 is 14.4 Å². The van der Waals surface area contributed by atoms with Crippen LogP contribution < -0.4 is 14.4 Å². The number of hydrogen-bond acceptors (Lipinski definition) is 9. The maximum absolute atomic E-state index is 5.71. The topological polar surface area (TPSA) is 91.1 Å². The van der Waals surface area contributed by atoms with E-state index in [4.69, 9.17) is 9.47 Å². The van der Waals surface area contributed by atoms with Crippen LogP contribution in [-0.4, -0.2) is 63.3 Å². The average Bonchev–Trinajstić information content (AvgIpc) is 3.15. The van der Waals surface area contributed by atoms with Crippen molar-refractivity contribution in [2.24, 2.45) is 0 Å². The highest BCUT2D eigenvalue weighted by Crippen LogP contribution is 2.17. The molecule has 0 atom stereocenters. The summed E-state index contributed by atoms with van der Waals surface area (Å²) >= 11 is 1.50. The third kappa shape index (κ3) is 5.07. The summed E-state index contributed by atoms with van der Waals surface area (Å²) in [5.74, 6) is 2.41. The van der Waals surface area contributed by atoms with Crippen molar-refractivity contribution in [1.29, 1.82) is 0 Å². The summed E-state index contributed by atoms with van der Waals surface area (Å²) < 4.78 is 12.3. The van der Waals surface area contributed by atoms with Gasteiger partial charge in [0.1, 0.15) is 12.1 Å². The lowest BCUT2D eigenvalue weighted by Gasteiger charge is -2.11. The van der Waals surface area contributed by atoms with Crippen LogP contribution in [0.3, 0.4) is 0 Å². The maximum Gasteiger partial charge on any atom is 0.322 e. The first kappa shape index (κ1) is 18.9. The van der Waals surface area contributed by atoms with Crippen LogP contribution in [0.25, 0.3) is 5.95 Å². The van der Waals surface area contributed by atoms with Crippen molar-refractivity contribution in [2.45, 2.75) is 12.1 Å². The fraction of sp³-hybridized carbons (Fsp3) is 0.353. The molecule has 0 N–H and O–H groups in total. The second kappa shape index (κ2) is 8.67. The predicted molar refractivity (Wildman–Crippen MR) is 103 cm³/mol. The number of hydrogen-bond donors (Lipinski definition) is 0. The van der Waals surface area contributed by atoms with Crippen LogP contribution in [0.2, 0.25) is 0 Å². The molecule has 3 rings (SSSR count). The first-order valence-corrected chi connectivity index (χ1v) is 9.25. The largest absolute Gasteiger partial charge is 0.493 e. The minimum absolute atomic E-state index is 0.222. The van der Waals surface area contributed by atoms with E-state index in [1.807, 2.05) is 45.3 Å². The molecule has 0 aliphatic heterocycles. The number of thioether (sulfide) groups is 1. The van der Waals surface area contributed by atoms with E-state index in [-0.39, 0.29) is 6.01 Å². The third-order valence-corrected chi connectivity index (χ3v) is 4.27. The summed E-state index contributed by atoms with van der Waals surface area (Å²) in [6.45, 7) is 2.61. The monoisotopic (exact) mass is 387 g/mol. The summed E-state index contributed by atoms with van der Waals surface area (Å²) in [6, 6.07) is 8.19. The number of rotatable bonds is 8. The van der Waals surface area contributed by atoms with E-state index in [1.165, 1.54) is 29.1 Å². The molecule has 142 valence electrons. The highest BCUT2D eigenvalue weighted by molar-refractivity contribution is 7.99. The number of ether oxygens (including phenoxy) is 2. The van der Waals surface area contributed by atoms with Gasteiger partial charge in [-0.1, -0.05) is 29.5 Å². The Morgan fingerprint density at radius 2 is 1.89 bits per heavy atom. The summed E-state index contributed by atoms with van der Waals surface area (Å²) in [7, 11) is 5.19. The predicted octanol–water partition coefficient (Wildman–Crippen LogP) is 2.01. The molecule has 0 unspecified atom stereocenters. The van der Waals surface area contributed by atoms with Crippen molar-refractivity contribution >= 4 is 17.7 Å². The summed E-state index contributed by atoms with van der Waals surface area (Å²) in [4.78, 5) is 18.8. The molecule has 0 fully saturated rings. The minimum atomic E-state index is 0.222. The quantitative estimate of drug-likeness (QED) is 0.425. The number of benzene rings is 1. The van der Waals surface area contributed by atoms with E-state index in [0.717, 1.165) is 11.5 Å². The van der Waals surface area contributed by atoms with Gasteiger partial charge in [-0.2, -0.15) is 19.6 Å². The third-order valence-electron chi connectivity index (χ3n) is 3.45. The van der Waals surface area contributed by atoms with E-state index in [1.54, 1.807) is 11.2 Å². The zero-order valence-corrected chi connectivity index (χ0v) is 16.5. The summed E-state index contributed by atoms with van der Waals surface area (Å²) in [5.41, 5.74) is 1.21. The Labute approximate surface area is 161 Å². The second-order valence-electron chi connectivity index (χ2n) is 5.80. The molecule has 0 amide bonds. The van der Waals surface area contributed by atoms with Crippen LogP contribution in [0.1, 0.15) is 5.56 Å². The number of aryl methyl sites for hydroxylation is 1. The van der Waals surface area contributed by atoms with Crippen LogP contribution >= 0.6 is 11.8 Å². The highest BCUT2D eigenvalue weighted by Gasteiger charge is 2.12. The maximum atomic E-state index is 5.71. The van der Waals surface area contributed by atoms with Crippen molar-refractivity contribution in [3.05, 3.63) is 36.2 Å². The molecule has 10 heteroatoms. The molecule has 9 nitrogen and oxygen atoms in total. The Morgan fingerprint density at radius 1 is 1.11 bits per heavy atom. The van der Waals surface area contributed by atoms with Crippen LogP contribution in [0.15, 0.2) is 35.7 Å². The SMILES string of the molecule is COc1nc(N(C)C)nc(-n2cnc(SCCOc3ccc(C)cc3)n2)n1. The van der Waals surface area contributed by atoms with Gasteiger partial charge in [-0.15, -0.1) is 5.10 Å². The molecule has 0 saturated heterocycles. The van der Waals surface area contributed by atoms with Gasteiger partial charge in [0, 0.05) is 19.8 Å². The lowest BCUT2D eigenvalue weighted by molar-refractivity contribution is 0.344. The van der Waals surface area contributed by atoms with Crippen molar-refractivity contribution < 1.29 is 9.47 Å². The zero-order valence-electron chi connectivity index (χ0n) is 15.7. The van der Waals surface area contributed by atoms with Gasteiger partial charge in [-0.05, 0) is 19.1 Å². The molecule has 0 radical (unpaired) electrons. The molecule has 1 aromatic carbocycles. The lowest BCUT2D eigenvalue weighted by atomic mass is 10.2. The van der Waals surface area contributed by atoms with Crippen molar-refractivity contribution in [3.8, 4) is 17.7 Å². The van der Waals surface area contributed by atoms with Crippen molar-refractivity contribution in [2.75, 3.05) is 38.5 Å². The summed E-state index contributed by atoms with van der Waals surface area (Å²) in [6.07, 6.45) is 1.57. The summed E-state index contributed by atoms with van der Waals surface area (Å²) in [5, 5.41) is 5.02. The number of aromatic nitrogens is 6. The second-order valence-corrected chi connectivity index (χ2v) is 6.86. The molecular weight excluding hydrogens is 366 g/mol. The normalized spacial score (nSPS) is 10.7. The number of methoxy groups -OCH3 is 1. The van der Waals surface area contributed by atoms with Gasteiger partial charge in [0.05, 0.1) is 13.7 Å². The Kier molecular flexibility index (Phi) is 6.07. The van der Waals surface area contributed by atoms with E-state index in [2.05, 4.69) is 25.0 Å². The minimum Gasteiger partial charge on any atom is -0.493 e. The van der Waals surface area contributed by atoms with Crippen molar-refractivity contribution in [3.63, 3.8) is 0 Å². The zero-order chi connectivity index (χ0) is 19.2. The van der Waals surface area contributed by atoms with Gasteiger partial charge in [0.15, 0.2) is 0 Å². The van der Waals surface area contributed by atoms with Crippen LogP contribution in [0.5, 0.6) is 11.8 Å². The van der Waals surface area contributed by atoms with Gasteiger partial charge in [-0.25, -0.2) is 4.98 Å². The van der Waals surface area contributed by atoms with Gasteiger partial charge in [0.2, 0.25) is 11.1 Å². The Hall–Kier alpha value is -2.88. The van der Waals surface area contributed by atoms with Crippen molar-refractivity contribution in [1.82, 2.24) is 29.7 Å². The number of nitrogens with zero attached hydrogens (tertiary/aromatic N) is 7. The molecule has 2 heterocycles. The van der Waals surface area contributed by atoms with E-state index in [0.29, 0.717) is 23.7 Å². The first-order chi connectivity index (χ1) is 13.0. The van der Waals surface area contributed by atoms with Crippen LogP contribution in [0.4, 0.5) is 5.95 Å². The van der Waals surface area contributed by atoms with E-state index >= 15 is 0 Å².